The average molecular weight is 382 g/mol. The lowest BCUT2D eigenvalue weighted by Crippen LogP contribution is -2.50. The van der Waals surface area contributed by atoms with Crippen molar-refractivity contribution in [3.63, 3.8) is 0 Å². The van der Waals surface area contributed by atoms with E-state index in [1.807, 2.05) is 11.3 Å². The molecule has 0 amide bonds. The molecule has 0 radical (unpaired) electrons. The summed E-state index contributed by atoms with van der Waals surface area (Å²) in [7, 11) is 0. The van der Waals surface area contributed by atoms with E-state index < -0.39 is 0 Å². The van der Waals surface area contributed by atoms with Crippen LogP contribution in [0.2, 0.25) is 0 Å². The Hall–Kier alpha value is 0.350. The van der Waals surface area contributed by atoms with Crippen LogP contribution in [0.25, 0.3) is 0 Å². The van der Waals surface area contributed by atoms with E-state index in [2.05, 4.69) is 38.0 Å². The van der Waals surface area contributed by atoms with Gasteiger partial charge in [-0.05, 0) is 40.8 Å². The van der Waals surface area contributed by atoms with Crippen LogP contribution < -0.4 is 10.6 Å². The predicted molar refractivity (Wildman–Crippen MR) is 89.8 cm³/mol. The van der Waals surface area contributed by atoms with Crippen molar-refractivity contribution >= 4 is 39.7 Å². The summed E-state index contributed by atoms with van der Waals surface area (Å²) in [5.41, 5.74) is 0. The molecule has 1 saturated heterocycles. The van der Waals surface area contributed by atoms with Crippen LogP contribution in [0.15, 0.2) is 15.9 Å². The van der Waals surface area contributed by atoms with Gasteiger partial charge in [0.05, 0.1) is 13.2 Å². The van der Waals surface area contributed by atoms with Gasteiger partial charge < -0.3 is 15.4 Å². The largest absolute Gasteiger partial charge is 0.379 e. The van der Waals surface area contributed by atoms with Crippen LogP contribution >= 0.6 is 39.7 Å². The molecular weight excluding hydrogens is 360 g/mol. The molecule has 3 unspecified atom stereocenters. The summed E-state index contributed by atoms with van der Waals surface area (Å²) in [5.74, 6) is 0.726. The van der Waals surface area contributed by atoms with Crippen molar-refractivity contribution in [1.82, 2.24) is 10.6 Å². The highest BCUT2D eigenvalue weighted by Crippen LogP contribution is 2.30. The van der Waals surface area contributed by atoms with Crippen molar-refractivity contribution in [1.29, 1.82) is 0 Å². The number of thiophene rings is 1. The van der Waals surface area contributed by atoms with E-state index in [0.717, 1.165) is 32.2 Å². The van der Waals surface area contributed by atoms with Crippen LogP contribution in [0.4, 0.5) is 0 Å². The van der Waals surface area contributed by atoms with Crippen molar-refractivity contribution in [2.45, 2.75) is 37.9 Å². The predicted octanol–water partition coefficient (Wildman–Crippen LogP) is 3.18. The number of ether oxygens (including phenoxy) is 1. The van der Waals surface area contributed by atoms with Crippen LogP contribution in [0, 0.1) is 5.92 Å². The quantitative estimate of drug-likeness (QED) is 0.840. The van der Waals surface area contributed by atoms with Gasteiger partial charge in [0.1, 0.15) is 0 Å². The Balaban J connectivity index is 0.00000147. The first-order chi connectivity index (χ1) is 9.33. The molecule has 2 fully saturated rings. The highest BCUT2D eigenvalue weighted by atomic mass is 79.9. The van der Waals surface area contributed by atoms with Crippen LogP contribution in [0.5, 0.6) is 0 Å². The lowest BCUT2D eigenvalue weighted by molar-refractivity contribution is 0.0524. The van der Waals surface area contributed by atoms with Crippen molar-refractivity contribution < 1.29 is 4.74 Å². The second-order valence-electron chi connectivity index (χ2n) is 5.45. The van der Waals surface area contributed by atoms with Crippen molar-refractivity contribution in [3.8, 4) is 0 Å². The SMILES string of the molecule is Brc1csc(CNC2CCCC2C2COCCN2)c1.Cl. The molecule has 2 aliphatic rings. The van der Waals surface area contributed by atoms with E-state index in [4.69, 9.17) is 4.74 Å². The zero-order valence-electron chi connectivity index (χ0n) is 11.4. The molecule has 0 spiro atoms. The molecule has 2 N–H and O–H groups in total. The molecule has 0 bridgehead atoms. The van der Waals surface area contributed by atoms with E-state index in [9.17, 15) is 0 Å². The Morgan fingerprint density at radius 3 is 3.05 bits per heavy atom. The smallest absolute Gasteiger partial charge is 0.0623 e. The Bertz CT molecular complexity index is 412. The molecule has 1 aromatic rings. The molecule has 1 saturated carbocycles. The monoisotopic (exact) mass is 380 g/mol. The third-order valence-electron chi connectivity index (χ3n) is 4.20. The van der Waals surface area contributed by atoms with Crippen molar-refractivity contribution in [3.05, 3.63) is 20.8 Å². The van der Waals surface area contributed by atoms with Crippen LogP contribution in [-0.2, 0) is 11.3 Å². The zero-order valence-corrected chi connectivity index (χ0v) is 14.7. The standard InChI is InChI=1S/C14H21BrN2OS.ClH/c15-10-6-11(19-9-10)7-17-13-3-1-2-12(13)14-8-18-5-4-16-14;/h6,9,12-14,16-17H,1-5,7-8H2;1H. The van der Waals surface area contributed by atoms with Crippen LogP contribution in [-0.4, -0.2) is 31.8 Å². The molecule has 2 heterocycles. The lowest BCUT2D eigenvalue weighted by atomic mass is 9.94. The fourth-order valence-electron chi connectivity index (χ4n) is 3.26. The Morgan fingerprint density at radius 1 is 1.45 bits per heavy atom. The maximum absolute atomic E-state index is 5.61. The van der Waals surface area contributed by atoms with Gasteiger partial charge in [0.2, 0.25) is 0 Å². The first-order valence-electron chi connectivity index (χ1n) is 7.10. The first kappa shape index (κ1) is 16.7. The highest BCUT2D eigenvalue weighted by molar-refractivity contribution is 9.10. The third-order valence-corrected chi connectivity index (χ3v) is 5.89. The molecule has 1 aromatic heterocycles. The van der Waals surface area contributed by atoms with Gasteiger partial charge in [0.15, 0.2) is 0 Å². The molecule has 114 valence electrons. The summed E-state index contributed by atoms with van der Waals surface area (Å²) < 4.78 is 6.81. The zero-order chi connectivity index (χ0) is 13.1. The number of rotatable bonds is 4. The number of hydrogen-bond donors (Lipinski definition) is 2. The summed E-state index contributed by atoms with van der Waals surface area (Å²) >= 11 is 5.34. The highest BCUT2D eigenvalue weighted by Gasteiger charge is 2.34. The Kier molecular flexibility index (Phi) is 6.78. The first-order valence-corrected chi connectivity index (χ1v) is 8.77. The summed E-state index contributed by atoms with van der Waals surface area (Å²) in [4.78, 5) is 1.41. The van der Waals surface area contributed by atoms with Gasteiger partial charge in [-0.25, -0.2) is 0 Å². The molecule has 0 aromatic carbocycles. The van der Waals surface area contributed by atoms with Gasteiger partial charge in [-0.1, -0.05) is 6.42 Å². The van der Waals surface area contributed by atoms with E-state index in [1.54, 1.807) is 0 Å². The van der Waals surface area contributed by atoms with Gasteiger partial charge in [-0.15, -0.1) is 23.7 Å². The number of halogens is 2. The Morgan fingerprint density at radius 2 is 2.35 bits per heavy atom. The molecule has 6 heteroatoms. The number of hydrogen-bond acceptors (Lipinski definition) is 4. The third kappa shape index (κ3) is 4.18. The molecular formula is C14H22BrClN2OS. The molecule has 3 atom stereocenters. The minimum absolute atomic E-state index is 0. The molecule has 3 rings (SSSR count). The minimum atomic E-state index is 0. The maximum Gasteiger partial charge on any atom is 0.0623 e. The van der Waals surface area contributed by atoms with Crippen LogP contribution in [0.1, 0.15) is 24.1 Å². The number of nitrogens with one attached hydrogen (secondary N) is 2. The summed E-state index contributed by atoms with van der Waals surface area (Å²) in [6, 6.07) is 3.40. The van der Waals surface area contributed by atoms with Gasteiger partial charge in [-0.3, -0.25) is 0 Å². The minimum Gasteiger partial charge on any atom is -0.379 e. The topological polar surface area (TPSA) is 33.3 Å². The van der Waals surface area contributed by atoms with E-state index in [-0.39, 0.29) is 12.4 Å². The summed E-state index contributed by atoms with van der Waals surface area (Å²) in [6.07, 6.45) is 3.97. The van der Waals surface area contributed by atoms with E-state index in [0.29, 0.717) is 12.1 Å². The second-order valence-corrected chi connectivity index (χ2v) is 7.36. The normalized spacial score (nSPS) is 30.1. The molecule has 1 aliphatic heterocycles. The lowest BCUT2D eigenvalue weighted by Gasteiger charge is -2.33. The van der Waals surface area contributed by atoms with E-state index >= 15 is 0 Å². The fourth-order valence-corrected chi connectivity index (χ4v) is 4.66. The molecule has 20 heavy (non-hydrogen) atoms. The van der Waals surface area contributed by atoms with Gasteiger partial charge >= 0.3 is 0 Å². The van der Waals surface area contributed by atoms with Crippen LogP contribution in [0.3, 0.4) is 0 Å². The van der Waals surface area contributed by atoms with Gasteiger partial charge in [0, 0.05) is 39.9 Å². The second kappa shape index (κ2) is 8.11. The average Bonchev–Trinajstić information content (AvgIpc) is 3.06. The maximum atomic E-state index is 5.61. The van der Waals surface area contributed by atoms with Crippen molar-refractivity contribution in [2.24, 2.45) is 5.92 Å². The fraction of sp³-hybridized carbons (Fsp3) is 0.714. The van der Waals surface area contributed by atoms with E-state index in [1.165, 1.54) is 28.6 Å². The summed E-state index contributed by atoms with van der Waals surface area (Å²) in [6.45, 7) is 3.74. The van der Waals surface area contributed by atoms with Gasteiger partial charge in [0.25, 0.3) is 0 Å². The summed E-state index contributed by atoms with van der Waals surface area (Å²) in [5, 5.41) is 9.53. The van der Waals surface area contributed by atoms with Crippen molar-refractivity contribution in [2.75, 3.05) is 19.8 Å². The Labute approximate surface area is 139 Å². The molecule has 1 aliphatic carbocycles. The van der Waals surface area contributed by atoms with Gasteiger partial charge in [-0.2, -0.15) is 0 Å². The number of morpholine rings is 1. The molecule has 3 nitrogen and oxygen atoms in total.